The van der Waals surface area contributed by atoms with Gasteiger partial charge in [0.05, 0.1) is 10.2 Å². The number of nitrogens with zero attached hydrogens (tertiary/aromatic N) is 2. The van der Waals surface area contributed by atoms with Crippen LogP contribution in [0.3, 0.4) is 0 Å². The molecular weight excluding hydrogens is 300 g/mol. The topological polar surface area (TPSA) is 17.8 Å². The predicted octanol–water partition coefficient (Wildman–Crippen LogP) is 4.38. The molecule has 17 heavy (non-hydrogen) atoms. The highest BCUT2D eigenvalue weighted by atomic mass is 79.9. The molecule has 1 aliphatic carbocycles. The van der Waals surface area contributed by atoms with Crippen LogP contribution in [0, 0.1) is 0 Å². The molecule has 0 N–H and O–H groups in total. The van der Waals surface area contributed by atoms with Crippen LogP contribution in [0.4, 0.5) is 0 Å². The van der Waals surface area contributed by atoms with Crippen molar-refractivity contribution in [2.45, 2.75) is 18.8 Å². The first-order valence-electron chi connectivity index (χ1n) is 5.65. The Kier molecular flexibility index (Phi) is 2.75. The number of hydrogen-bond donors (Lipinski definition) is 0. The van der Waals surface area contributed by atoms with Crippen molar-refractivity contribution in [1.82, 2.24) is 9.78 Å². The van der Waals surface area contributed by atoms with E-state index in [0.717, 1.165) is 20.8 Å². The molecule has 88 valence electrons. The summed E-state index contributed by atoms with van der Waals surface area (Å²) in [5, 5.41) is 5.34. The number of rotatable bonds is 2. The monoisotopic (exact) mass is 310 g/mol. The second-order valence-corrected chi connectivity index (χ2v) is 5.69. The first-order chi connectivity index (χ1) is 8.16. The van der Waals surface area contributed by atoms with E-state index in [9.17, 15) is 0 Å². The zero-order valence-electron chi connectivity index (χ0n) is 9.45. The molecule has 2 nitrogen and oxygen atoms in total. The van der Waals surface area contributed by atoms with Crippen LogP contribution in [-0.4, -0.2) is 9.78 Å². The van der Waals surface area contributed by atoms with E-state index in [0.29, 0.717) is 5.92 Å². The number of aromatic nitrogens is 2. The van der Waals surface area contributed by atoms with Gasteiger partial charge in [0.15, 0.2) is 0 Å². The normalized spacial score (nSPS) is 15.2. The van der Waals surface area contributed by atoms with E-state index in [1.165, 1.54) is 18.5 Å². The fraction of sp³-hybridized carbons (Fsp3) is 0.308. The van der Waals surface area contributed by atoms with Crippen LogP contribution < -0.4 is 0 Å². The fourth-order valence-corrected chi connectivity index (χ4v) is 3.21. The van der Waals surface area contributed by atoms with Crippen molar-refractivity contribution in [1.29, 1.82) is 0 Å². The molecule has 3 rings (SSSR count). The van der Waals surface area contributed by atoms with Gasteiger partial charge in [-0.1, -0.05) is 23.7 Å². The molecule has 0 atom stereocenters. The molecule has 1 fully saturated rings. The number of hydrogen-bond acceptors (Lipinski definition) is 1. The lowest BCUT2D eigenvalue weighted by Gasteiger charge is -1.99. The predicted molar refractivity (Wildman–Crippen MR) is 73.3 cm³/mol. The van der Waals surface area contributed by atoms with E-state index in [-0.39, 0.29) is 0 Å². The van der Waals surface area contributed by atoms with Gasteiger partial charge < -0.3 is 0 Å². The summed E-state index contributed by atoms with van der Waals surface area (Å²) < 4.78 is 3.10. The maximum absolute atomic E-state index is 6.02. The summed E-state index contributed by atoms with van der Waals surface area (Å²) in [4.78, 5) is 0. The van der Waals surface area contributed by atoms with Crippen molar-refractivity contribution in [3.05, 3.63) is 39.5 Å². The lowest BCUT2D eigenvalue weighted by Crippen LogP contribution is -1.96. The van der Waals surface area contributed by atoms with E-state index in [1.54, 1.807) is 0 Å². The average Bonchev–Trinajstić information content (AvgIpc) is 3.06. The van der Waals surface area contributed by atoms with Crippen molar-refractivity contribution < 1.29 is 0 Å². The van der Waals surface area contributed by atoms with E-state index in [2.05, 4.69) is 21.0 Å². The molecule has 0 bridgehead atoms. The van der Waals surface area contributed by atoms with Gasteiger partial charge in [0.1, 0.15) is 5.69 Å². The molecule has 0 radical (unpaired) electrons. The molecule has 0 spiro atoms. The largest absolute Gasteiger partial charge is 0.271 e. The Labute approximate surface area is 114 Å². The van der Waals surface area contributed by atoms with E-state index in [4.69, 9.17) is 11.6 Å². The average molecular weight is 312 g/mol. The third-order valence-electron chi connectivity index (χ3n) is 3.09. The molecule has 0 aliphatic heterocycles. The van der Waals surface area contributed by atoms with Gasteiger partial charge in [0.25, 0.3) is 0 Å². The van der Waals surface area contributed by atoms with Crippen LogP contribution in [0.1, 0.15) is 24.5 Å². The summed E-state index contributed by atoms with van der Waals surface area (Å²) >= 11 is 9.70. The Morgan fingerprint density at radius 3 is 2.82 bits per heavy atom. The lowest BCUT2D eigenvalue weighted by atomic mass is 10.1. The summed E-state index contributed by atoms with van der Waals surface area (Å²) in [5.74, 6) is 0.676. The maximum Gasteiger partial charge on any atom is 0.107 e. The first kappa shape index (κ1) is 11.3. The van der Waals surface area contributed by atoms with Crippen LogP contribution in [0.5, 0.6) is 0 Å². The smallest absolute Gasteiger partial charge is 0.107 e. The van der Waals surface area contributed by atoms with Crippen molar-refractivity contribution in [2.75, 3.05) is 0 Å². The van der Waals surface area contributed by atoms with Crippen LogP contribution in [-0.2, 0) is 7.05 Å². The summed E-state index contributed by atoms with van der Waals surface area (Å²) in [6, 6.07) is 7.82. The maximum atomic E-state index is 6.02. The Balaban J connectivity index is 2.12. The van der Waals surface area contributed by atoms with Crippen molar-refractivity contribution in [2.24, 2.45) is 7.05 Å². The molecule has 0 unspecified atom stereocenters. The van der Waals surface area contributed by atoms with Gasteiger partial charge in [-0.2, -0.15) is 5.10 Å². The molecule has 1 aromatic carbocycles. The van der Waals surface area contributed by atoms with Crippen molar-refractivity contribution in [3.8, 4) is 11.3 Å². The summed E-state index contributed by atoms with van der Waals surface area (Å²) in [6.45, 7) is 0. The minimum atomic E-state index is 0.676. The van der Waals surface area contributed by atoms with E-state index in [1.807, 2.05) is 36.0 Å². The van der Waals surface area contributed by atoms with Crippen LogP contribution in [0.25, 0.3) is 11.3 Å². The van der Waals surface area contributed by atoms with Crippen LogP contribution in [0.2, 0.25) is 5.02 Å². The third kappa shape index (κ3) is 2.02. The Bertz CT molecular complexity index is 573. The molecule has 4 heteroatoms. The van der Waals surface area contributed by atoms with Gasteiger partial charge in [0, 0.05) is 23.6 Å². The number of aryl methyl sites for hydroxylation is 1. The minimum absolute atomic E-state index is 0.676. The van der Waals surface area contributed by atoms with Gasteiger partial charge in [-0.3, -0.25) is 4.68 Å². The fourth-order valence-electron chi connectivity index (χ4n) is 2.13. The number of benzene rings is 1. The van der Waals surface area contributed by atoms with Gasteiger partial charge in [0.2, 0.25) is 0 Å². The van der Waals surface area contributed by atoms with E-state index < -0.39 is 0 Å². The minimum Gasteiger partial charge on any atom is -0.271 e. The Morgan fingerprint density at radius 1 is 1.41 bits per heavy atom. The molecule has 1 aliphatic rings. The molecule has 2 aromatic rings. The van der Waals surface area contributed by atoms with Gasteiger partial charge >= 0.3 is 0 Å². The SMILES string of the molecule is Cn1nc(-c2cccc(Cl)c2)c(Br)c1C1CC1. The zero-order valence-corrected chi connectivity index (χ0v) is 11.8. The molecular formula is C13H12BrClN2. The third-order valence-corrected chi connectivity index (χ3v) is 4.11. The zero-order chi connectivity index (χ0) is 12.0. The quantitative estimate of drug-likeness (QED) is 0.805. The second-order valence-electron chi connectivity index (χ2n) is 4.46. The summed E-state index contributed by atoms with van der Waals surface area (Å²) in [6.07, 6.45) is 2.54. The molecule has 1 heterocycles. The molecule has 1 saturated carbocycles. The van der Waals surface area contributed by atoms with Crippen LogP contribution >= 0.6 is 27.5 Å². The van der Waals surface area contributed by atoms with Gasteiger partial charge in [-0.05, 0) is 40.9 Å². The standard InChI is InChI=1S/C13H12BrClN2/c1-17-13(8-5-6-8)11(14)12(16-17)9-3-2-4-10(15)7-9/h2-4,7-8H,5-6H2,1H3. The van der Waals surface area contributed by atoms with Crippen molar-refractivity contribution in [3.63, 3.8) is 0 Å². The molecule has 0 amide bonds. The highest BCUT2D eigenvalue weighted by Crippen LogP contribution is 2.45. The first-order valence-corrected chi connectivity index (χ1v) is 6.82. The van der Waals surface area contributed by atoms with Crippen molar-refractivity contribution >= 4 is 27.5 Å². The highest BCUT2D eigenvalue weighted by molar-refractivity contribution is 9.10. The van der Waals surface area contributed by atoms with Crippen LogP contribution in [0.15, 0.2) is 28.7 Å². The van der Waals surface area contributed by atoms with E-state index >= 15 is 0 Å². The molecule has 0 saturated heterocycles. The Hall–Kier alpha value is -0.800. The van der Waals surface area contributed by atoms with Gasteiger partial charge in [-0.15, -0.1) is 0 Å². The Morgan fingerprint density at radius 2 is 2.18 bits per heavy atom. The number of halogens is 2. The second kappa shape index (κ2) is 4.14. The lowest BCUT2D eigenvalue weighted by molar-refractivity contribution is 0.714. The van der Waals surface area contributed by atoms with Gasteiger partial charge in [-0.25, -0.2) is 0 Å². The molecule has 1 aromatic heterocycles. The summed E-state index contributed by atoms with van der Waals surface area (Å²) in [5.41, 5.74) is 3.35. The summed E-state index contributed by atoms with van der Waals surface area (Å²) in [7, 11) is 2.01. The highest BCUT2D eigenvalue weighted by Gasteiger charge is 2.30.